The number of para-hydroxylation sites is 1. The second kappa shape index (κ2) is 4.80. The number of nitrogens with zero attached hydrogens (tertiary/aromatic N) is 2. The Bertz CT molecular complexity index is 724. The van der Waals surface area contributed by atoms with E-state index in [1.54, 1.807) is 0 Å². The minimum Gasteiger partial charge on any atom is -0.478 e. The van der Waals surface area contributed by atoms with Crippen LogP contribution >= 0.6 is 0 Å². The lowest BCUT2D eigenvalue weighted by Crippen LogP contribution is -2.28. The van der Waals surface area contributed by atoms with Crippen LogP contribution in [0.3, 0.4) is 0 Å². The molecule has 0 saturated carbocycles. The van der Waals surface area contributed by atoms with Crippen molar-refractivity contribution in [2.45, 2.75) is 12.8 Å². The Morgan fingerprint density at radius 1 is 1.35 bits per heavy atom. The molecule has 3 rings (SSSR count). The van der Waals surface area contributed by atoms with E-state index in [0.29, 0.717) is 6.54 Å². The highest BCUT2D eigenvalue weighted by atomic mass is 16.4. The second-order valence-electron chi connectivity index (χ2n) is 4.66. The number of nitrogens with one attached hydrogen (secondary N) is 1. The average Bonchev–Trinajstić information content (AvgIpc) is 2.46. The zero-order chi connectivity index (χ0) is 14.1. The maximum atomic E-state index is 11.3. The van der Waals surface area contributed by atoms with E-state index in [0.717, 1.165) is 30.2 Å². The van der Waals surface area contributed by atoms with Crippen molar-refractivity contribution >= 4 is 17.5 Å². The number of hydrogen-bond donors (Lipinski definition) is 2. The molecule has 102 valence electrons. The van der Waals surface area contributed by atoms with Crippen molar-refractivity contribution in [2.24, 2.45) is 0 Å². The van der Waals surface area contributed by atoms with Crippen LogP contribution in [0.5, 0.6) is 0 Å². The van der Waals surface area contributed by atoms with E-state index < -0.39 is 11.5 Å². The van der Waals surface area contributed by atoms with Crippen LogP contribution in [0.25, 0.3) is 0 Å². The Hall–Kier alpha value is -2.63. The van der Waals surface area contributed by atoms with E-state index in [2.05, 4.69) is 10.2 Å². The molecule has 1 aromatic carbocycles. The summed E-state index contributed by atoms with van der Waals surface area (Å²) in [5.74, 6) is -0.870. The van der Waals surface area contributed by atoms with Crippen LogP contribution < -0.4 is 10.5 Å². The van der Waals surface area contributed by atoms with E-state index >= 15 is 0 Å². The fourth-order valence-electron chi connectivity index (χ4n) is 2.51. The normalized spacial score (nSPS) is 13.9. The predicted molar refractivity (Wildman–Crippen MR) is 73.6 cm³/mol. The Kier molecular flexibility index (Phi) is 2.98. The van der Waals surface area contributed by atoms with Crippen molar-refractivity contribution in [2.75, 3.05) is 11.4 Å². The van der Waals surface area contributed by atoms with Crippen molar-refractivity contribution < 1.29 is 9.90 Å². The van der Waals surface area contributed by atoms with E-state index in [4.69, 9.17) is 0 Å². The SMILES string of the molecule is O=C(O)c1cc(=O)[nH]nc1N1CCCc2ccccc21. The lowest BCUT2D eigenvalue weighted by atomic mass is 10.0. The quantitative estimate of drug-likeness (QED) is 0.865. The summed E-state index contributed by atoms with van der Waals surface area (Å²) in [6.07, 6.45) is 1.87. The van der Waals surface area contributed by atoms with Crippen LogP contribution in [0.15, 0.2) is 35.1 Å². The van der Waals surface area contributed by atoms with Gasteiger partial charge in [-0.3, -0.25) is 4.79 Å². The average molecular weight is 271 g/mol. The number of fused-ring (bicyclic) bond motifs is 1. The number of carboxylic acid groups (broad SMARTS) is 1. The summed E-state index contributed by atoms with van der Waals surface area (Å²) in [6, 6.07) is 8.90. The minimum atomic E-state index is -1.15. The third-order valence-corrected chi connectivity index (χ3v) is 3.38. The van der Waals surface area contributed by atoms with E-state index in [1.165, 1.54) is 0 Å². The first-order chi connectivity index (χ1) is 9.66. The van der Waals surface area contributed by atoms with Gasteiger partial charge in [0.2, 0.25) is 0 Å². The van der Waals surface area contributed by atoms with Crippen LogP contribution in [0.4, 0.5) is 11.5 Å². The number of H-pyrrole nitrogens is 1. The highest BCUT2D eigenvalue weighted by Gasteiger charge is 2.24. The van der Waals surface area contributed by atoms with Gasteiger partial charge in [-0.2, -0.15) is 5.10 Å². The first-order valence-electron chi connectivity index (χ1n) is 6.35. The second-order valence-corrected chi connectivity index (χ2v) is 4.66. The third-order valence-electron chi connectivity index (χ3n) is 3.38. The highest BCUT2D eigenvalue weighted by Crippen LogP contribution is 2.33. The molecule has 0 amide bonds. The number of rotatable bonds is 2. The molecule has 0 bridgehead atoms. The monoisotopic (exact) mass is 271 g/mol. The molecule has 1 aromatic heterocycles. The Labute approximate surface area is 114 Å². The fourth-order valence-corrected chi connectivity index (χ4v) is 2.51. The maximum Gasteiger partial charge on any atom is 0.339 e. The zero-order valence-corrected chi connectivity index (χ0v) is 10.7. The first-order valence-corrected chi connectivity index (χ1v) is 6.35. The zero-order valence-electron chi connectivity index (χ0n) is 10.7. The molecule has 2 N–H and O–H groups in total. The molecule has 2 aromatic rings. The summed E-state index contributed by atoms with van der Waals surface area (Å²) in [5.41, 5.74) is 1.51. The summed E-state index contributed by atoms with van der Waals surface area (Å²) in [5, 5.41) is 15.5. The molecule has 0 radical (unpaired) electrons. The van der Waals surface area contributed by atoms with Gasteiger partial charge in [0.1, 0.15) is 5.56 Å². The topological polar surface area (TPSA) is 86.3 Å². The molecule has 0 spiro atoms. The van der Waals surface area contributed by atoms with Gasteiger partial charge >= 0.3 is 5.97 Å². The lowest BCUT2D eigenvalue weighted by molar-refractivity contribution is 0.0697. The molecule has 1 aliphatic heterocycles. The molecular weight excluding hydrogens is 258 g/mol. The van der Waals surface area contributed by atoms with Gasteiger partial charge in [-0.05, 0) is 24.5 Å². The number of anilines is 2. The summed E-state index contributed by atoms with van der Waals surface area (Å²) >= 11 is 0. The predicted octanol–water partition coefficient (Wildman–Crippen LogP) is 1.55. The number of aromatic nitrogens is 2. The van der Waals surface area contributed by atoms with Gasteiger partial charge in [-0.15, -0.1) is 0 Å². The van der Waals surface area contributed by atoms with Crippen LogP contribution in [0, 0.1) is 0 Å². The number of aromatic carboxylic acids is 1. The number of hydrogen-bond acceptors (Lipinski definition) is 4. The smallest absolute Gasteiger partial charge is 0.339 e. The standard InChI is InChI=1S/C14H13N3O3/c18-12-8-10(14(19)20)13(16-15-12)17-7-3-5-9-4-1-2-6-11(9)17/h1-2,4,6,8H,3,5,7H2,(H,15,18)(H,19,20). The van der Waals surface area contributed by atoms with E-state index in [-0.39, 0.29) is 11.4 Å². The van der Waals surface area contributed by atoms with Gasteiger partial charge in [0.25, 0.3) is 5.56 Å². The number of carbonyl (C=O) groups is 1. The van der Waals surface area contributed by atoms with Crippen molar-refractivity contribution in [3.05, 3.63) is 51.8 Å². The summed E-state index contributed by atoms with van der Waals surface area (Å²) < 4.78 is 0. The van der Waals surface area contributed by atoms with Crippen LogP contribution in [0.2, 0.25) is 0 Å². The molecule has 20 heavy (non-hydrogen) atoms. The van der Waals surface area contributed by atoms with Crippen molar-refractivity contribution in [3.8, 4) is 0 Å². The van der Waals surface area contributed by atoms with Gasteiger partial charge in [0.15, 0.2) is 5.82 Å². The molecule has 0 atom stereocenters. The van der Waals surface area contributed by atoms with Crippen LogP contribution in [-0.2, 0) is 6.42 Å². The van der Waals surface area contributed by atoms with Crippen molar-refractivity contribution in [3.63, 3.8) is 0 Å². The largest absolute Gasteiger partial charge is 0.478 e. The van der Waals surface area contributed by atoms with Gasteiger partial charge in [0.05, 0.1) is 0 Å². The first kappa shape index (κ1) is 12.4. The van der Waals surface area contributed by atoms with Crippen molar-refractivity contribution in [1.29, 1.82) is 0 Å². The van der Waals surface area contributed by atoms with E-state index in [9.17, 15) is 14.7 Å². The molecule has 0 unspecified atom stereocenters. The molecule has 6 nitrogen and oxygen atoms in total. The minimum absolute atomic E-state index is 0.0783. The Balaban J connectivity index is 2.16. The lowest BCUT2D eigenvalue weighted by Gasteiger charge is -2.30. The van der Waals surface area contributed by atoms with E-state index in [1.807, 2.05) is 29.2 Å². The number of carboxylic acids is 1. The maximum absolute atomic E-state index is 11.3. The molecule has 2 heterocycles. The van der Waals surface area contributed by atoms with Gasteiger partial charge < -0.3 is 10.0 Å². The molecule has 0 aliphatic carbocycles. The van der Waals surface area contributed by atoms with Gasteiger partial charge in [-0.1, -0.05) is 18.2 Å². The van der Waals surface area contributed by atoms with Gasteiger partial charge in [0, 0.05) is 18.3 Å². The summed E-state index contributed by atoms with van der Waals surface area (Å²) in [4.78, 5) is 24.4. The number of benzene rings is 1. The fraction of sp³-hybridized carbons (Fsp3) is 0.214. The summed E-state index contributed by atoms with van der Waals surface area (Å²) in [6.45, 7) is 0.677. The third kappa shape index (κ3) is 2.05. The van der Waals surface area contributed by atoms with Gasteiger partial charge in [-0.25, -0.2) is 9.89 Å². The molecule has 1 aliphatic rings. The Morgan fingerprint density at radius 2 is 2.15 bits per heavy atom. The molecule has 0 fully saturated rings. The highest BCUT2D eigenvalue weighted by molar-refractivity contribution is 5.94. The number of aryl methyl sites for hydroxylation is 1. The van der Waals surface area contributed by atoms with Crippen LogP contribution in [0.1, 0.15) is 22.3 Å². The number of aromatic amines is 1. The molecule has 0 saturated heterocycles. The molecular formula is C14H13N3O3. The van der Waals surface area contributed by atoms with Crippen LogP contribution in [-0.4, -0.2) is 27.8 Å². The summed E-state index contributed by atoms with van der Waals surface area (Å²) in [7, 11) is 0. The molecule has 6 heteroatoms. The Morgan fingerprint density at radius 3 is 2.95 bits per heavy atom. The van der Waals surface area contributed by atoms with Crippen molar-refractivity contribution in [1.82, 2.24) is 10.2 Å².